The second kappa shape index (κ2) is 44.8. The Morgan fingerprint density at radius 1 is 0.157 bits per heavy atom. The number of hydrogen-bond donors (Lipinski definition) is 0. The second-order valence-corrected chi connectivity index (χ2v) is 22.9. The molecule has 0 saturated carbocycles. The Kier molecular flexibility index (Phi) is 45.2. The van der Waals surface area contributed by atoms with E-state index in [9.17, 15) is 0 Å². The topological polar surface area (TPSA) is 0 Å². The van der Waals surface area contributed by atoms with Gasteiger partial charge in [0.05, 0.1) is 0 Å². The van der Waals surface area contributed by atoms with Crippen LogP contribution in [-0.4, -0.2) is 24.6 Å². The third kappa shape index (κ3) is 39.9. The van der Waals surface area contributed by atoms with E-state index in [2.05, 4.69) is 27.7 Å². The molecule has 0 rings (SSSR count). The van der Waals surface area contributed by atoms with E-state index in [4.69, 9.17) is 0 Å². The minimum absolute atomic E-state index is 1.16. The summed E-state index contributed by atoms with van der Waals surface area (Å²) in [5, 5.41) is 0. The zero-order valence-corrected chi connectivity index (χ0v) is 38.0. The number of rotatable bonds is 46. The van der Waals surface area contributed by atoms with Crippen molar-refractivity contribution in [2.75, 3.05) is 24.6 Å². The molecule has 0 aliphatic carbocycles. The third-order valence-corrected chi connectivity index (χ3v) is 18.4. The summed E-state index contributed by atoms with van der Waals surface area (Å²) in [5.74, 6) is 0. The van der Waals surface area contributed by atoms with Crippen molar-refractivity contribution in [1.82, 2.24) is 0 Å². The predicted molar refractivity (Wildman–Crippen MR) is 244 cm³/mol. The van der Waals surface area contributed by atoms with Crippen LogP contribution in [0.5, 0.6) is 0 Å². The maximum absolute atomic E-state index is 2.35. The molecule has 0 amide bonds. The molecule has 0 aromatic carbocycles. The summed E-state index contributed by atoms with van der Waals surface area (Å²) in [7, 11) is -1.16. The average Bonchev–Trinajstić information content (AvgIpc) is 3.14. The molecule has 0 fully saturated rings. The first-order chi connectivity index (χ1) is 25.2. The first-order valence-electron chi connectivity index (χ1n) is 25.2. The van der Waals surface area contributed by atoms with E-state index in [0.29, 0.717) is 0 Å². The molecular formula is C50H105P. The van der Waals surface area contributed by atoms with Gasteiger partial charge < -0.3 is 0 Å². The summed E-state index contributed by atoms with van der Waals surface area (Å²) >= 11 is 0. The second-order valence-electron chi connectivity index (χ2n) is 17.9. The minimum atomic E-state index is -1.16. The average molecular weight is 737 g/mol. The molecule has 1 heteroatoms. The van der Waals surface area contributed by atoms with Gasteiger partial charge in [0.15, 0.2) is 0 Å². The molecule has 0 N–H and O–H groups in total. The molecule has 0 bridgehead atoms. The van der Waals surface area contributed by atoms with Crippen molar-refractivity contribution in [2.24, 2.45) is 0 Å². The standard InChI is InChI=1S/C50H105P/c1-5-9-13-17-21-25-26-27-28-29-30-34-38-42-46-50-51(47-43-39-35-31-22-18-14-10-6-2,48-44-40-36-32-23-19-15-11-7-3)49-45-41-37-33-24-20-16-12-8-4/h51H,5-50H2,1-4H3. The van der Waals surface area contributed by atoms with Gasteiger partial charge in [0.1, 0.15) is 0 Å². The molecular weight excluding hydrogens is 632 g/mol. The van der Waals surface area contributed by atoms with Gasteiger partial charge >= 0.3 is 297 Å². The van der Waals surface area contributed by atoms with Crippen LogP contribution in [0, 0.1) is 0 Å². The molecule has 0 atom stereocenters. The van der Waals surface area contributed by atoms with Crippen molar-refractivity contribution in [3.63, 3.8) is 0 Å². The monoisotopic (exact) mass is 737 g/mol. The molecule has 0 spiro atoms. The quantitative estimate of drug-likeness (QED) is 0.0431. The summed E-state index contributed by atoms with van der Waals surface area (Å²) in [6.07, 6.45) is 69.5. The van der Waals surface area contributed by atoms with Crippen molar-refractivity contribution in [3.05, 3.63) is 0 Å². The van der Waals surface area contributed by atoms with Crippen LogP contribution in [0.3, 0.4) is 0 Å². The van der Waals surface area contributed by atoms with E-state index in [1.54, 1.807) is 56.8 Å². The zero-order valence-electron chi connectivity index (χ0n) is 37.0. The van der Waals surface area contributed by atoms with Gasteiger partial charge in [-0.1, -0.05) is 32.6 Å². The van der Waals surface area contributed by atoms with Gasteiger partial charge in [-0.3, -0.25) is 0 Å². The van der Waals surface area contributed by atoms with E-state index in [1.807, 2.05) is 0 Å². The molecule has 0 heterocycles. The Labute approximate surface area is 328 Å². The van der Waals surface area contributed by atoms with E-state index in [1.165, 1.54) is 238 Å². The van der Waals surface area contributed by atoms with E-state index in [-0.39, 0.29) is 0 Å². The van der Waals surface area contributed by atoms with Crippen LogP contribution in [0.2, 0.25) is 0 Å². The Bertz CT molecular complexity index is 543. The first-order valence-corrected chi connectivity index (χ1v) is 28.1. The Morgan fingerprint density at radius 3 is 0.412 bits per heavy atom. The number of unbranched alkanes of at least 4 members (excludes halogenated alkanes) is 38. The zero-order chi connectivity index (χ0) is 37.0. The van der Waals surface area contributed by atoms with Gasteiger partial charge in [-0.25, -0.2) is 0 Å². The summed E-state index contributed by atoms with van der Waals surface area (Å²) in [6.45, 7) is 9.36. The Hall–Kier alpha value is 0.430. The Morgan fingerprint density at radius 2 is 0.275 bits per heavy atom. The van der Waals surface area contributed by atoms with E-state index < -0.39 is 7.26 Å². The normalized spacial score (nSPS) is 12.3. The fourth-order valence-corrected chi connectivity index (χ4v) is 14.6. The van der Waals surface area contributed by atoms with Crippen molar-refractivity contribution in [2.45, 2.75) is 297 Å². The van der Waals surface area contributed by atoms with Crippen molar-refractivity contribution >= 4 is 7.26 Å². The van der Waals surface area contributed by atoms with Crippen LogP contribution in [0.25, 0.3) is 0 Å². The predicted octanol–water partition coefficient (Wildman–Crippen LogP) is 19.2. The van der Waals surface area contributed by atoms with Crippen molar-refractivity contribution in [3.8, 4) is 0 Å². The fraction of sp³-hybridized carbons (Fsp3) is 1.00. The van der Waals surface area contributed by atoms with E-state index in [0.717, 1.165) is 0 Å². The molecule has 0 aliphatic heterocycles. The summed E-state index contributed by atoms with van der Waals surface area (Å²) in [5.41, 5.74) is 0. The van der Waals surface area contributed by atoms with Crippen LogP contribution in [-0.2, 0) is 0 Å². The molecule has 0 radical (unpaired) electrons. The van der Waals surface area contributed by atoms with Gasteiger partial charge in [-0.15, -0.1) is 0 Å². The van der Waals surface area contributed by atoms with Crippen molar-refractivity contribution < 1.29 is 0 Å². The van der Waals surface area contributed by atoms with Gasteiger partial charge in [-0.2, -0.15) is 0 Å². The van der Waals surface area contributed by atoms with Crippen molar-refractivity contribution in [1.29, 1.82) is 0 Å². The molecule has 0 aromatic rings. The number of hydrogen-bond acceptors (Lipinski definition) is 0. The maximum atomic E-state index is 2.35. The first kappa shape index (κ1) is 51.4. The van der Waals surface area contributed by atoms with Gasteiger partial charge in [0.2, 0.25) is 0 Å². The van der Waals surface area contributed by atoms with Gasteiger partial charge in [-0.05, 0) is 0 Å². The third-order valence-electron chi connectivity index (χ3n) is 12.7. The van der Waals surface area contributed by atoms with Crippen LogP contribution in [0.4, 0.5) is 0 Å². The summed E-state index contributed by atoms with van der Waals surface area (Å²) in [6, 6.07) is 0. The van der Waals surface area contributed by atoms with Crippen LogP contribution in [0.15, 0.2) is 0 Å². The molecule has 0 aromatic heterocycles. The molecule has 310 valence electrons. The molecule has 0 nitrogen and oxygen atoms in total. The fourth-order valence-electron chi connectivity index (χ4n) is 9.05. The molecule has 0 unspecified atom stereocenters. The van der Waals surface area contributed by atoms with Crippen LogP contribution >= 0.6 is 7.26 Å². The van der Waals surface area contributed by atoms with E-state index >= 15 is 0 Å². The van der Waals surface area contributed by atoms with Gasteiger partial charge in [0.25, 0.3) is 0 Å². The molecule has 0 saturated heterocycles. The van der Waals surface area contributed by atoms with Gasteiger partial charge in [0, 0.05) is 0 Å². The molecule has 0 aliphatic rings. The van der Waals surface area contributed by atoms with Crippen LogP contribution < -0.4 is 0 Å². The van der Waals surface area contributed by atoms with Crippen LogP contribution in [0.1, 0.15) is 297 Å². The Balaban J connectivity index is 4.77. The SMILES string of the molecule is CCCCCCCCCCCCCCCCC[PH](CCCCCCCCCCC)(CCCCCCCCCCC)CCCCCCCCCCC. The summed E-state index contributed by atoms with van der Waals surface area (Å²) < 4.78 is 0. The molecule has 51 heavy (non-hydrogen) atoms. The summed E-state index contributed by atoms with van der Waals surface area (Å²) in [4.78, 5) is 0.